The zero-order valence-electron chi connectivity index (χ0n) is 76.5. The van der Waals surface area contributed by atoms with Crippen molar-refractivity contribution in [3.8, 4) is 56.3 Å². The summed E-state index contributed by atoms with van der Waals surface area (Å²) < 4.78 is 17.8. The summed E-state index contributed by atoms with van der Waals surface area (Å²) in [6.07, 6.45) is 23.6. The van der Waals surface area contributed by atoms with Gasteiger partial charge >= 0.3 is 5.69 Å². The maximum Gasteiger partial charge on any atom is 0.329 e. The summed E-state index contributed by atoms with van der Waals surface area (Å²) in [6.45, 7) is 14.3. The van der Waals surface area contributed by atoms with E-state index in [0.717, 1.165) is 174 Å². The van der Waals surface area contributed by atoms with E-state index in [1.54, 1.807) is 63.5 Å². The van der Waals surface area contributed by atoms with Crippen LogP contribution in [0.1, 0.15) is 196 Å². The number of aromatic hydroxyl groups is 2. The number of nitrogens with zero attached hydrogens (tertiary/aromatic N) is 18. The van der Waals surface area contributed by atoms with Crippen molar-refractivity contribution in [1.29, 1.82) is 0 Å². The standard InChI is InChI=1S/C101H118FN23O9/c1-100(2,3)90(96(132)122-56-72(126)45-86(122)93-111-101(4,134-116-93)65-23-16-60(17-24-65)73-10-6-7-15-78(73)102)110-94(130)61-20-27-67(28-21-61)119-42-38-59(39-43-119)64-50-107-98(108-51-64)124-70-31-32-71(124)55-121(54-70)85-47-80(113-115-92(85)104)77-14-9-12-75(89(77)129)74-11-8-13-76(88(74)128)79-46-84(91(103)114-112-79)120-52-68-29-30-69(53-120)123(68)97-105-48-63(49-106-97)58-36-40-118(41-37-58)66-25-18-57(19-26-66)62-22-33-81-83(44-62)117(5)99(133)125(81)82-34-35-87(127)109-95(82)131/h6-17,22-24,33,44,46-51,57-59,61,66-72,82,86,90,126,128-129H,18-21,25-32,34-43,45,52-56H2,1-5H3,(H2,103,114)(H2,104,115)(H,110,130)(H,111,116)(H,109,127,131)/t57?,61?,66?,67?,68?,69?,70?,71?,72-,82?,86+,90-,101+/m1/s1. The topological polar surface area (TPSA) is 391 Å². The van der Waals surface area contributed by atoms with Gasteiger partial charge in [0.05, 0.1) is 45.9 Å². The number of aliphatic hydroxyl groups is 1. The number of aryl methyl sites for hydroxylation is 1. The number of imide groups is 1. The molecule has 10 N–H and O–H groups in total. The highest BCUT2D eigenvalue weighted by Crippen LogP contribution is 2.49. The molecule has 14 heterocycles. The minimum absolute atomic E-state index is 0.0818. The fourth-order valence-corrected chi connectivity index (χ4v) is 24.0. The number of amidine groups is 1. The van der Waals surface area contributed by atoms with Gasteiger partial charge in [-0.3, -0.25) is 33.6 Å². The summed E-state index contributed by atoms with van der Waals surface area (Å²) in [4.78, 5) is 110. The number of aromatic nitrogens is 10. The van der Waals surface area contributed by atoms with Crippen molar-refractivity contribution >= 4 is 75.4 Å². The Balaban J connectivity index is 0.402. The fraction of sp³-hybridized carbons (Fsp3) is 0.485. The molecule has 8 saturated heterocycles. The number of β-amino-alcohol motifs (C(OH)–C–C–N with tert-alkyl or cyclic N) is 1. The van der Waals surface area contributed by atoms with E-state index in [2.05, 4.69) is 83.0 Å². The summed E-state index contributed by atoms with van der Waals surface area (Å²) in [5.74, 6) is 1.69. The number of rotatable bonds is 19. The first-order valence-electron chi connectivity index (χ1n) is 48.1. The van der Waals surface area contributed by atoms with Crippen molar-refractivity contribution in [2.24, 2.45) is 23.5 Å². The number of oxime groups is 1. The van der Waals surface area contributed by atoms with Crippen LogP contribution in [0.15, 0.2) is 150 Å². The molecule has 4 amide bonds. The van der Waals surface area contributed by atoms with E-state index in [0.29, 0.717) is 113 Å². The van der Waals surface area contributed by atoms with Gasteiger partial charge in [-0.05, 0) is 223 Å². The monoisotopic (exact) mass is 1820 g/mol. The van der Waals surface area contributed by atoms with Gasteiger partial charge in [0.15, 0.2) is 17.5 Å². The van der Waals surface area contributed by atoms with Crippen molar-refractivity contribution in [2.75, 3.05) is 90.0 Å². The third-order valence-electron chi connectivity index (χ3n) is 31.4. The van der Waals surface area contributed by atoms with Crippen LogP contribution >= 0.6 is 0 Å². The van der Waals surface area contributed by atoms with Crippen LogP contribution < -0.4 is 52.7 Å². The molecule has 2 saturated carbocycles. The molecule has 5 aromatic carbocycles. The number of phenols is 2. The lowest BCUT2D eigenvalue weighted by Gasteiger charge is -2.42. The van der Waals surface area contributed by atoms with Gasteiger partial charge in [0, 0.05) is 160 Å². The number of nitrogen functional groups attached to an aromatic ring is 2. The molecule has 32 nitrogen and oxygen atoms in total. The number of aliphatic hydroxyl groups excluding tert-OH is 1. The number of piperidine rings is 3. The van der Waals surface area contributed by atoms with Crippen molar-refractivity contribution in [3.05, 3.63) is 179 Å². The minimum atomic E-state index is -1.08. The van der Waals surface area contributed by atoms with Crippen molar-refractivity contribution in [3.63, 3.8) is 0 Å². The SMILES string of the molecule is Cn1c(=O)n(C2CCC(=O)NC2=O)c2ccc(C3CCC(N4CCC(c5cnc(N6C7CCC6CN(c6cc(-c8cccc(-c9cccc(-c%10cc(N%11CC%12CCC(C%11)N%12c%11ncc(C%12CCN(C%13CCC(C(=O)N[C@H](C(=O)N%14C[C@H](O)C[C@H]%14C%14=NO[C@@](C)(c%15ccc(-c%16ccccc%16F)cc%15)N%14)C(C)(C)C)CC%13)CC%12)cn%11)c(N)nn%10)c9O)c8O)nnc6N)C7)nc5)CC4)CC3)cc21. The van der Waals surface area contributed by atoms with E-state index in [1.807, 2.05) is 107 Å². The molecule has 4 bridgehead atoms. The number of benzene rings is 5. The third-order valence-corrected chi connectivity index (χ3v) is 31.4. The molecule has 10 fully saturated rings. The van der Waals surface area contributed by atoms with Gasteiger partial charge in [-0.2, -0.15) is 0 Å². The molecule has 2 aliphatic carbocycles. The van der Waals surface area contributed by atoms with Crippen LogP contribution in [0.3, 0.4) is 0 Å². The summed E-state index contributed by atoms with van der Waals surface area (Å²) >= 11 is 0. The maximum absolute atomic E-state index is 14.8. The quantitative estimate of drug-likeness (QED) is 0.0349. The van der Waals surface area contributed by atoms with Crippen LogP contribution in [0.5, 0.6) is 11.5 Å². The molecule has 9 atom stereocenters. The molecule has 21 rings (SSSR count). The van der Waals surface area contributed by atoms with E-state index in [-0.39, 0.29) is 102 Å². The number of para-hydroxylation sites is 2. The lowest BCUT2D eigenvalue weighted by Crippen LogP contribution is -2.59. The van der Waals surface area contributed by atoms with Gasteiger partial charge in [0.2, 0.25) is 41.3 Å². The molecular formula is C101H118FN23O9. The van der Waals surface area contributed by atoms with Crippen LogP contribution in [-0.4, -0.2) is 222 Å². The second-order valence-electron chi connectivity index (χ2n) is 40.5. The number of likely N-dealkylation sites (tertiary alicyclic amines) is 3. The smallest absolute Gasteiger partial charge is 0.329 e. The number of carbonyl (C=O) groups excluding carboxylic acids is 4. The lowest BCUT2D eigenvalue weighted by molar-refractivity contribution is -0.141. The second kappa shape index (κ2) is 35.6. The summed E-state index contributed by atoms with van der Waals surface area (Å²) in [7, 11) is 1.76. The Kier molecular flexibility index (Phi) is 23.3. The number of hydrogen-bond acceptors (Lipinski definition) is 27. The van der Waals surface area contributed by atoms with E-state index >= 15 is 0 Å². The van der Waals surface area contributed by atoms with E-state index in [9.17, 15) is 43.7 Å². The Morgan fingerprint density at radius 1 is 0.552 bits per heavy atom. The third kappa shape index (κ3) is 16.6. The van der Waals surface area contributed by atoms with Crippen LogP contribution in [0.25, 0.3) is 55.8 Å². The minimum Gasteiger partial charge on any atom is -0.507 e. The Bertz CT molecular complexity index is 6210. The molecule has 134 heavy (non-hydrogen) atoms. The van der Waals surface area contributed by atoms with E-state index in [4.69, 9.17) is 36.2 Å². The van der Waals surface area contributed by atoms with Crippen LogP contribution in [0.2, 0.25) is 0 Å². The lowest BCUT2D eigenvalue weighted by atomic mass is 9.80. The molecule has 33 heteroatoms. The van der Waals surface area contributed by atoms with Crippen LogP contribution in [0, 0.1) is 17.2 Å². The molecule has 10 aromatic rings. The zero-order chi connectivity index (χ0) is 92.3. The van der Waals surface area contributed by atoms with Crippen molar-refractivity contribution in [2.45, 2.75) is 234 Å². The Labute approximate surface area is 777 Å². The molecule has 9 aliphatic heterocycles. The number of carbonyl (C=O) groups is 4. The maximum atomic E-state index is 14.8. The molecule has 698 valence electrons. The normalized spacial score (nSPS) is 26.3. The van der Waals surface area contributed by atoms with Crippen molar-refractivity contribution in [1.82, 2.24) is 80.1 Å². The van der Waals surface area contributed by atoms with Gasteiger partial charge in [-0.15, -0.1) is 20.4 Å². The fourth-order valence-electron chi connectivity index (χ4n) is 24.0. The number of imidazole rings is 1. The van der Waals surface area contributed by atoms with E-state index < -0.39 is 41.3 Å². The number of nitrogens with one attached hydrogen (secondary N) is 3. The summed E-state index contributed by atoms with van der Waals surface area (Å²) in [5.41, 5.74) is 22.4. The number of nitrogens with two attached hydrogens (primary N) is 2. The first-order chi connectivity index (χ1) is 64.8. The molecule has 0 spiro atoms. The van der Waals surface area contributed by atoms with Gasteiger partial charge in [-0.1, -0.05) is 98.7 Å². The van der Waals surface area contributed by atoms with E-state index in [1.165, 1.54) is 17.2 Å². The predicted molar refractivity (Wildman–Crippen MR) is 508 cm³/mol. The van der Waals surface area contributed by atoms with Crippen LogP contribution in [0.4, 0.5) is 39.3 Å². The first kappa shape index (κ1) is 87.9. The highest BCUT2D eigenvalue weighted by atomic mass is 19.1. The number of hydrogen-bond donors (Lipinski definition) is 8. The second-order valence-corrected chi connectivity index (χ2v) is 40.5. The number of anilines is 6. The van der Waals surface area contributed by atoms with Crippen LogP contribution in [-0.2, 0) is 36.8 Å². The Hall–Kier alpha value is -12.8. The predicted octanol–water partition coefficient (Wildman–Crippen LogP) is 11.5. The Morgan fingerprint density at radius 3 is 1.56 bits per heavy atom. The van der Waals surface area contributed by atoms with Gasteiger partial charge in [0.25, 0.3) is 0 Å². The number of phenolic OH excluding ortho intramolecular Hbond substituents is 2. The largest absolute Gasteiger partial charge is 0.507 e. The summed E-state index contributed by atoms with van der Waals surface area (Å²) in [6, 6.07) is 34.0. The Morgan fingerprint density at radius 2 is 1.04 bits per heavy atom. The number of fused-ring (bicyclic) bond motifs is 5. The molecule has 5 aromatic heterocycles. The summed E-state index contributed by atoms with van der Waals surface area (Å²) in [5, 5.41) is 67.2. The van der Waals surface area contributed by atoms with Gasteiger partial charge in [0.1, 0.15) is 29.4 Å². The average Bonchev–Trinajstić information content (AvgIpc) is 1.71. The first-order valence-corrected chi connectivity index (χ1v) is 48.1. The number of piperazine rings is 2. The van der Waals surface area contributed by atoms with Crippen molar-refractivity contribution < 1.29 is 43.7 Å². The highest BCUT2D eigenvalue weighted by molar-refractivity contribution is 6.00. The van der Waals surface area contributed by atoms with Gasteiger partial charge in [-0.25, -0.2) is 29.1 Å². The molecule has 11 aliphatic rings. The zero-order valence-corrected chi connectivity index (χ0v) is 76.5. The average molecular weight is 1820 g/mol. The number of amides is 4. The van der Waals surface area contributed by atoms with Gasteiger partial charge < -0.3 is 76.6 Å². The number of halogens is 1. The molecule has 0 radical (unpaired) electrons. The molecular weight excluding hydrogens is 1700 g/mol. The highest BCUT2D eigenvalue weighted by Gasteiger charge is 2.50. The molecule has 5 unspecified atom stereocenters.